The van der Waals surface area contributed by atoms with E-state index in [0.717, 1.165) is 40.2 Å². The Labute approximate surface area is 264 Å². The molecule has 0 aliphatic heterocycles. The van der Waals surface area contributed by atoms with Gasteiger partial charge in [0.15, 0.2) is 0 Å². The molecule has 1 unspecified atom stereocenters. The van der Waals surface area contributed by atoms with Gasteiger partial charge >= 0.3 is 11.9 Å². The maximum atomic E-state index is 11.6. The van der Waals surface area contributed by atoms with E-state index in [1.807, 2.05) is 43.3 Å². The van der Waals surface area contributed by atoms with E-state index in [1.165, 1.54) is 22.3 Å². The highest BCUT2D eigenvalue weighted by Gasteiger charge is 2.35. The van der Waals surface area contributed by atoms with E-state index in [0.29, 0.717) is 31.8 Å². The Morgan fingerprint density at radius 2 is 1.22 bits per heavy atom. The van der Waals surface area contributed by atoms with Crippen molar-refractivity contribution in [2.75, 3.05) is 13.2 Å². The molecule has 0 radical (unpaired) electrons. The fourth-order valence-corrected chi connectivity index (χ4v) is 5.57. The van der Waals surface area contributed by atoms with Crippen LogP contribution in [0.2, 0.25) is 0 Å². The first kappa shape index (κ1) is 31.3. The molecular weight excluding hydrogens is 564 g/mol. The van der Waals surface area contributed by atoms with E-state index in [9.17, 15) is 9.59 Å². The monoisotopic (exact) mass is 602 g/mol. The van der Waals surface area contributed by atoms with Crippen molar-refractivity contribution in [3.05, 3.63) is 121 Å². The highest BCUT2D eigenvalue weighted by atomic mass is 16.7. The zero-order valence-electron chi connectivity index (χ0n) is 26.0. The first-order valence-corrected chi connectivity index (χ1v) is 15.2. The van der Waals surface area contributed by atoms with E-state index in [4.69, 9.17) is 18.9 Å². The minimum absolute atomic E-state index is 0.179. The summed E-state index contributed by atoms with van der Waals surface area (Å²) in [6, 6.07) is 29.3. The van der Waals surface area contributed by atoms with E-state index in [2.05, 4.69) is 75.5 Å². The quantitative estimate of drug-likeness (QED) is 0.0660. The molecule has 1 aliphatic rings. The highest BCUT2D eigenvalue weighted by Crippen LogP contribution is 2.50. The van der Waals surface area contributed by atoms with E-state index in [1.54, 1.807) is 0 Å². The molecule has 6 nitrogen and oxygen atoms in total. The summed E-state index contributed by atoms with van der Waals surface area (Å²) in [5.74, 6) is 0.481. The predicted octanol–water partition coefficient (Wildman–Crippen LogP) is 8.67. The van der Waals surface area contributed by atoms with Crippen molar-refractivity contribution in [2.24, 2.45) is 0 Å². The molecular formula is C39H38O6. The molecule has 45 heavy (non-hydrogen) atoms. The molecule has 4 aromatic rings. The molecule has 4 aromatic carbocycles. The van der Waals surface area contributed by atoms with E-state index in [-0.39, 0.29) is 5.41 Å². The lowest BCUT2D eigenvalue weighted by Crippen LogP contribution is -2.22. The van der Waals surface area contributed by atoms with Gasteiger partial charge in [-0.2, -0.15) is 0 Å². The van der Waals surface area contributed by atoms with Crippen molar-refractivity contribution >= 4 is 11.9 Å². The van der Waals surface area contributed by atoms with Crippen LogP contribution in [0.15, 0.2) is 110 Å². The summed E-state index contributed by atoms with van der Waals surface area (Å²) < 4.78 is 21.9. The van der Waals surface area contributed by atoms with E-state index >= 15 is 0 Å². The maximum absolute atomic E-state index is 11.6. The van der Waals surface area contributed by atoms with Gasteiger partial charge in [0.25, 0.3) is 0 Å². The number of fused-ring (bicyclic) bond motifs is 3. The fraction of sp³-hybridized carbons (Fsp3) is 0.231. The van der Waals surface area contributed by atoms with E-state index < -0.39 is 18.2 Å². The van der Waals surface area contributed by atoms with Gasteiger partial charge in [-0.05, 0) is 80.9 Å². The zero-order chi connectivity index (χ0) is 32.0. The molecule has 0 heterocycles. The average Bonchev–Trinajstić information content (AvgIpc) is 3.29. The maximum Gasteiger partial charge on any atom is 0.333 e. The zero-order valence-corrected chi connectivity index (χ0v) is 26.0. The second-order valence-corrected chi connectivity index (χ2v) is 11.4. The summed E-state index contributed by atoms with van der Waals surface area (Å²) in [7, 11) is 0. The lowest BCUT2D eigenvalue weighted by Gasteiger charge is -2.23. The van der Waals surface area contributed by atoms with Crippen molar-refractivity contribution in [2.45, 2.75) is 45.3 Å². The highest BCUT2D eigenvalue weighted by molar-refractivity contribution is 5.86. The van der Waals surface area contributed by atoms with Crippen LogP contribution >= 0.6 is 0 Å². The molecule has 0 bridgehead atoms. The Hall–Kier alpha value is -5.10. The van der Waals surface area contributed by atoms with Crippen LogP contribution < -0.4 is 9.47 Å². The third-order valence-electron chi connectivity index (χ3n) is 8.03. The third kappa shape index (κ3) is 7.01. The molecule has 0 spiro atoms. The summed E-state index contributed by atoms with van der Waals surface area (Å²) in [5.41, 5.74) is 9.38. The lowest BCUT2D eigenvalue weighted by molar-refractivity contribution is -0.157. The molecule has 0 saturated heterocycles. The molecule has 230 valence electrons. The lowest BCUT2D eigenvalue weighted by atomic mass is 9.81. The Morgan fingerprint density at radius 3 is 1.73 bits per heavy atom. The van der Waals surface area contributed by atoms with Crippen LogP contribution in [0.5, 0.6) is 11.5 Å². The molecule has 0 amide bonds. The number of carbonyl (C=O) groups excluding carboxylic acids is 2. The summed E-state index contributed by atoms with van der Waals surface area (Å²) in [4.78, 5) is 22.7. The average molecular weight is 603 g/mol. The van der Waals surface area contributed by atoms with Crippen molar-refractivity contribution in [3.63, 3.8) is 0 Å². The Bertz CT molecular complexity index is 1700. The number of esters is 2. The van der Waals surface area contributed by atoms with Crippen LogP contribution in [0, 0.1) is 0 Å². The van der Waals surface area contributed by atoms with Crippen LogP contribution in [-0.2, 0) is 24.5 Å². The normalized spacial score (nSPS) is 13.1. The predicted molar refractivity (Wildman–Crippen MR) is 177 cm³/mol. The van der Waals surface area contributed by atoms with Gasteiger partial charge in [0, 0.05) is 30.4 Å². The molecule has 1 atom stereocenters. The molecule has 0 N–H and O–H groups in total. The Kier molecular flexibility index (Phi) is 9.53. The number of rotatable bonds is 13. The standard InChI is InChI=1S/C39H38O6/c1-6-36(40)43-23-9-22-42-30-16-10-26(11-17-30)28-14-20-32-33-21-15-29(25-35(33)39(4,5)34(32)24-28)27-12-18-31(19-13-27)44-38(8-3)45-37(41)7-2/h6-7,10-21,24-25,38H,1-2,8-9,22-23H2,3-5H3. The second kappa shape index (κ2) is 13.7. The number of benzene rings is 4. The minimum Gasteiger partial charge on any atom is -0.493 e. The SMILES string of the molecule is C=CC(=O)OCCCOc1ccc(-c2ccc3c(c2)C(C)(C)c2cc(-c4ccc(OC(CC)OC(=O)C=C)cc4)ccc2-3)cc1. The van der Waals surface area contributed by atoms with Crippen LogP contribution in [0.4, 0.5) is 0 Å². The van der Waals surface area contributed by atoms with Crippen molar-refractivity contribution in [3.8, 4) is 44.9 Å². The molecule has 0 saturated carbocycles. The third-order valence-corrected chi connectivity index (χ3v) is 8.03. The number of carbonyl (C=O) groups is 2. The summed E-state index contributed by atoms with van der Waals surface area (Å²) in [5, 5.41) is 0. The van der Waals surface area contributed by atoms with Gasteiger partial charge in [-0.25, -0.2) is 9.59 Å². The van der Waals surface area contributed by atoms with Gasteiger partial charge in [0.2, 0.25) is 6.29 Å². The van der Waals surface area contributed by atoms with Crippen molar-refractivity contribution in [1.82, 2.24) is 0 Å². The summed E-state index contributed by atoms with van der Waals surface area (Å²) in [6.45, 7) is 14.0. The minimum atomic E-state index is -0.663. The summed E-state index contributed by atoms with van der Waals surface area (Å²) >= 11 is 0. The molecule has 1 aliphatic carbocycles. The van der Waals surface area contributed by atoms with Gasteiger partial charge in [-0.1, -0.05) is 82.5 Å². The van der Waals surface area contributed by atoms with Gasteiger partial charge in [0.1, 0.15) is 11.5 Å². The number of hydrogen-bond acceptors (Lipinski definition) is 6. The summed E-state index contributed by atoms with van der Waals surface area (Å²) in [6.07, 6.45) is 2.77. The van der Waals surface area contributed by atoms with Gasteiger partial charge in [0.05, 0.1) is 13.2 Å². The van der Waals surface area contributed by atoms with Gasteiger partial charge in [-0.3, -0.25) is 0 Å². The van der Waals surface area contributed by atoms with Crippen LogP contribution in [0.3, 0.4) is 0 Å². The number of hydrogen-bond donors (Lipinski definition) is 0. The molecule has 0 aromatic heterocycles. The van der Waals surface area contributed by atoms with Crippen LogP contribution in [0.1, 0.15) is 44.7 Å². The van der Waals surface area contributed by atoms with Crippen molar-refractivity contribution < 1.29 is 28.5 Å². The number of ether oxygens (including phenoxy) is 4. The topological polar surface area (TPSA) is 71.1 Å². The van der Waals surface area contributed by atoms with Crippen LogP contribution in [-0.4, -0.2) is 31.4 Å². The largest absolute Gasteiger partial charge is 0.493 e. The molecule has 6 heteroatoms. The second-order valence-electron chi connectivity index (χ2n) is 11.4. The fourth-order valence-electron chi connectivity index (χ4n) is 5.57. The Balaban J connectivity index is 1.28. The first-order valence-electron chi connectivity index (χ1n) is 15.2. The van der Waals surface area contributed by atoms with Gasteiger partial charge in [-0.15, -0.1) is 0 Å². The first-order chi connectivity index (χ1) is 21.7. The molecule has 0 fully saturated rings. The van der Waals surface area contributed by atoms with Crippen LogP contribution in [0.25, 0.3) is 33.4 Å². The van der Waals surface area contributed by atoms with Gasteiger partial charge < -0.3 is 18.9 Å². The molecule has 5 rings (SSSR count). The van der Waals surface area contributed by atoms with Crippen molar-refractivity contribution in [1.29, 1.82) is 0 Å². The smallest absolute Gasteiger partial charge is 0.333 e. The Morgan fingerprint density at radius 1 is 0.711 bits per heavy atom.